The molecule has 0 bridgehead atoms. The lowest BCUT2D eigenvalue weighted by atomic mass is 10.1. The highest BCUT2D eigenvalue weighted by Gasteiger charge is 2.35. The van der Waals surface area contributed by atoms with Gasteiger partial charge in [0.2, 0.25) is 0 Å². The molecular weight excluding hydrogens is 311 g/mol. The van der Waals surface area contributed by atoms with Crippen LogP contribution in [-0.2, 0) is 12.6 Å². The molecule has 1 heterocycles. The van der Waals surface area contributed by atoms with E-state index >= 15 is 0 Å². The molecule has 0 N–H and O–H groups in total. The highest BCUT2D eigenvalue weighted by atomic mass is 79.9. The van der Waals surface area contributed by atoms with Crippen molar-refractivity contribution in [3.63, 3.8) is 0 Å². The van der Waals surface area contributed by atoms with Gasteiger partial charge in [0.05, 0.1) is 18.2 Å². The van der Waals surface area contributed by atoms with Gasteiger partial charge in [0.25, 0.3) is 6.43 Å². The molecule has 0 aliphatic heterocycles. The Morgan fingerprint density at radius 3 is 2.41 bits per heavy atom. The lowest BCUT2D eigenvalue weighted by Gasteiger charge is -2.12. The Labute approximate surface area is 101 Å². The van der Waals surface area contributed by atoms with Crippen molar-refractivity contribution in [3.8, 4) is 6.07 Å². The van der Waals surface area contributed by atoms with Gasteiger partial charge in [0.1, 0.15) is 5.69 Å². The first kappa shape index (κ1) is 13.8. The summed E-state index contributed by atoms with van der Waals surface area (Å²) in [7, 11) is 0. The Hall–Kier alpha value is -1.23. The standard InChI is InChI=1S/C9H4BrF5N2/c10-7-4(8(11)12)3-6(9(13,14)15)17-5(7)1-2-16/h3,8H,1H2. The predicted octanol–water partition coefficient (Wildman–Crippen LogP) is 3.87. The lowest BCUT2D eigenvalue weighted by molar-refractivity contribution is -0.141. The molecule has 0 aromatic carbocycles. The van der Waals surface area contributed by atoms with Crippen molar-refractivity contribution in [3.05, 3.63) is 27.5 Å². The van der Waals surface area contributed by atoms with E-state index in [2.05, 4.69) is 20.9 Å². The van der Waals surface area contributed by atoms with Crippen LogP contribution < -0.4 is 0 Å². The SMILES string of the molecule is N#CCc1nc(C(F)(F)F)cc(C(F)F)c1Br. The van der Waals surface area contributed by atoms with Gasteiger partial charge in [-0.15, -0.1) is 0 Å². The maximum atomic E-state index is 12.5. The summed E-state index contributed by atoms with van der Waals surface area (Å²) in [6.45, 7) is 0. The molecule has 0 unspecified atom stereocenters. The minimum atomic E-state index is -4.82. The average Bonchev–Trinajstić information content (AvgIpc) is 2.19. The predicted molar refractivity (Wildman–Crippen MR) is 51.2 cm³/mol. The number of alkyl halides is 5. The minimum absolute atomic E-state index is 0.262. The molecule has 1 aromatic rings. The quantitative estimate of drug-likeness (QED) is 0.777. The van der Waals surface area contributed by atoms with Crippen molar-refractivity contribution < 1.29 is 22.0 Å². The Kier molecular flexibility index (Phi) is 4.03. The van der Waals surface area contributed by atoms with Crippen molar-refractivity contribution in [2.24, 2.45) is 0 Å². The number of aromatic nitrogens is 1. The summed E-state index contributed by atoms with van der Waals surface area (Å²) < 4.78 is 61.9. The first-order valence-corrected chi connectivity index (χ1v) is 4.98. The number of pyridine rings is 1. The Bertz CT molecular complexity index is 464. The zero-order valence-electron chi connectivity index (χ0n) is 8.02. The van der Waals surface area contributed by atoms with E-state index < -0.39 is 30.3 Å². The van der Waals surface area contributed by atoms with Gasteiger partial charge in [-0.25, -0.2) is 13.8 Å². The number of hydrogen-bond acceptors (Lipinski definition) is 2. The third-order valence-corrected chi connectivity index (χ3v) is 2.74. The fourth-order valence-electron chi connectivity index (χ4n) is 1.10. The molecule has 0 fully saturated rings. The molecule has 1 rings (SSSR count). The van der Waals surface area contributed by atoms with Crippen LogP contribution in [0.15, 0.2) is 10.5 Å². The first-order valence-electron chi connectivity index (χ1n) is 4.19. The van der Waals surface area contributed by atoms with Crippen LogP contribution in [0.1, 0.15) is 23.4 Å². The number of rotatable bonds is 2. The van der Waals surface area contributed by atoms with E-state index in [1.54, 1.807) is 6.07 Å². The van der Waals surface area contributed by atoms with Gasteiger partial charge in [-0.1, -0.05) is 0 Å². The number of halogens is 6. The van der Waals surface area contributed by atoms with Crippen molar-refractivity contribution in [1.29, 1.82) is 5.26 Å². The van der Waals surface area contributed by atoms with E-state index in [4.69, 9.17) is 5.26 Å². The van der Waals surface area contributed by atoms with E-state index in [-0.39, 0.29) is 16.2 Å². The summed E-state index contributed by atoms with van der Waals surface area (Å²) in [6.07, 6.45) is -8.38. The van der Waals surface area contributed by atoms with E-state index in [9.17, 15) is 22.0 Å². The van der Waals surface area contributed by atoms with Crippen LogP contribution in [0.2, 0.25) is 0 Å². The topological polar surface area (TPSA) is 36.7 Å². The third kappa shape index (κ3) is 3.12. The van der Waals surface area contributed by atoms with Crippen LogP contribution in [0.4, 0.5) is 22.0 Å². The number of nitriles is 1. The highest BCUT2D eigenvalue weighted by Crippen LogP contribution is 2.35. The van der Waals surface area contributed by atoms with E-state index in [1.807, 2.05) is 0 Å². The average molecular weight is 315 g/mol. The maximum absolute atomic E-state index is 12.5. The summed E-state index contributed by atoms with van der Waals surface area (Å²) in [6, 6.07) is 1.84. The molecule has 0 saturated carbocycles. The second kappa shape index (κ2) is 4.96. The van der Waals surface area contributed by atoms with Crippen molar-refractivity contribution in [1.82, 2.24) is 4.98 Å². The Balaban J connectivity index is 3.43. The van der Waals surface area contributed by atoms with E-state index in [0.717, 1.165) is 0 Å². The van der Waals surface area contributed by atoms with Crippen LogP contribution in [0.5, 0.6) is 0 Å². The molecule has 0 saturated heterocycles. The first-order chi connectivity index (χ1) is 7.77. The third-order valence-electron chi connectivity index (χ3n) is 1.83. The summed E-state index contributed by atoms with van der Waals surface area (Å²) in [5.41, 5.74) is -2.60. The van der Waals surface area contributed by atoms with Gasteiger partial charge in [-0.2, -0.15) is 18.4 Å². The molecule has 1 aromatic heterocycles. The molecule has 17 heavy (non-hydrogen) atoms. The molecule has 8 heteroatoms. The Morgan fingerprint density at radius 2 is 2.00 bits per heavy atom. The normalized spacial score (nSPS) is 11.6. The fraction of sp³-hybridized carbons (Fsp3) is 0.333. The van der Waals surface area contributed by atoms with Crippen LogP contribution in [0.3, 0.4) is 0 Å². The zero-order valence-corrected chi connectivity index (χ0v) is 9.61. The van der Waals surface area contributed by atoms with Crippen LogP contribution >= 0.6 is 15.9 Å². The molecule has 0 radical (unpaired) electrons. The number of nitrogens with zero attached hydrogens (tertiary/aromatic N) is 2. The van der Waals surface area contributed by atoms with Gasteiger partial charge >= 0.3 is 6.18 Å². The van der Waals surface area contributed by atoms with Crippen molar-refractivity contribution in [2.45, 2.75) is 19.0 Å². The fourth-order valence-corrected chi connectivity index (χ4v) is 1.62. The molecule has 0 atom stereocenters. The molecule has 92 valence electrons. The molecule has 0 spiro atoms. The summed E-state index contributed by atoms with van der Waals surface area (Å²) >= 11 is 2.72. The van der Waals surface area contributed by atoms with E-state index in [1.165, 1.54) is 0 Å². The van der Waals surface area contributed by atoms with Crippen LogP contribution in [-0.4, -0.2) is 4.98 Å². The molecule has 0 aliphatic rings. The largest absolute Gasteiger partial charge is 0.433 e. The lowest BCUT2D eigenvalue weighted by Crippen LogP contribution is -2.11. The summed E-state index contributed by atoms with van der Waals surface area (Å²) in [5, 5.41) is 8.39. The van der Waals surface area contributed by atoms with Crippen molar-refractivity contribution in [2.75, 3.05) is 0 Å². The van der Waals surface area contributed by atoms with Gasteiger partial charge in [0.15, 0.2) is 0 Å². The highest BCUT2D eigenvalue weighted by molar-refractivity contribution is 9.10. The van der Waals surface area contributed by atoms with Gasteiger partial charge < -0.3 is 0 Å². The minimum Gasteiger partial charge on any atom is -0.246 e. The maximum Gasteiger partial charge on any atom is 0.433 e. The van der Waals surface area contributed by atoms with Crippen LogP contribution in [0.25, 0.3) is 0 Å². The number of hydrogen-bond donors (Lipinski definition) is 0. The summed E-state index contributed by atoms with van der Waals surface area (Å²) in [5.74, 6) is 0. The van der Waals surface area contributed by atoms with E-state index in [0.29, 0.717) is 0 Å². The second-order valence-corrected chi connectivity index (χ2v) is 3.78. The van der Waals surface area contributed by atoms with Gasteiger partial charge in [-0.3, -0.25) is 0 Å². The molecule has 0 aliphatic carbocycles. The zero-order chi connectivity index (χ0) is 13.2. The monoisotopic (exact) mass is 314 g/mol. The molecule has 2 nitrogen and oxygen atoms in total. The molecular formula is C9H4BrF5N2. The van der Waals surface area contributed by atoms with Crippen LogP contribution in [0, 0.1) is 11.3 Å². The van der Waals surface area contributed by atoms with Crippen molar-refractivity contribution >= 4 is 15.9 Å². The van der Waals surface area contributed by atoms with Gasteiger partial charge in [-0.05, 0) is 22.0 Å². The van der Waals surface area contributed by atoms with Gasteiger partial charge in [0, 0.05) is 10.0 Å². The smallest absolute Gasteiger partial charge is 0.246 e. The molecule has 0 amide bonds. The Morgan fingerprint density at radius 1 is 1.41 bits per heavy atom. The summed E-state index contributed by atoms with van der Waals surface area (Å²) in [4.78, 5) is 3.15. The second-order valence-electron chi connectivity index (χ2n) is 2.99.